The highest BCUT2D eigenvalue weighted by Crippen LogP contribution is 2.31. The molecule has 0 bridgehead atoms. The van der Waals surface area contributed by atoms with Crippen molar-refractivity contribution in [2.24, 2.45) is 0 Å². The zero-order valence-corrected chi connectivity index (χ0v) is 12.0. The fourth-order valence-corrected chi connectivity index (χ4v) is 1.85. The molecule has 0 aromatic carbocycles. The number of rotatable bonds is 9. The predicted octanol–water partition coefficient (Wildman–Crippen LogP) is -4.95. The Morgan fingerprint density at radius 1 is 0.682 bits per heavy atom. The van der Waals surface area contributed by atoms with Gasteiger partial charge in [0, 0.05) is 0 Å². The predicted molar refractivity (Wildman–Crippen MR) is 69.4 cm³/mol. The van der Waals surface area contributed by atoms with Crippen LogP contribution in [0.3, 0.4) is 0 Å². The number of carbonyl (C=O) groups excluding carboxylic acids is 2. The van der Waals surface area contributed by atoms with Crippen molar-refractivity contribution >= 4 is 12.6 Å². The van der Waals surface area contributed by atoms with E-state index in [2.05, 4.69) is 0 Å². The van der Waals surface area contributed by atoms with E-state index in [0.29, 0.717) is 0 Å². The fraction of sp³-hybridized carbons (Fsp3) is 0.833. The van der Waals surface area contributed by atoms with Crippen molar-refractivity contribution in [2.45, 2.75) is 61.7 Å². The number of hydrogen-bond donors (Lipinski definition) is 8. The molecule has 0 rings (SSSR count). The third kappa shape index (κ3) is 3.50. The molecule has 22 heavy (non-hydrogen) atoms. The summed E-state index contributed by atoms with van der Waals surface area (Å²) in [5.41, 5.74) is -6.94. The second kappa shape index (κ2) is 7.53. The van der Waals surface area contributed by atoms with Gasteiger partial charge in [-0.25, -0.2) is 0 Å². The summed E-state index contributed by atoms with van der Waals surface area (Å²) < 4.78 is 0. The van der Waals surface area contributed by atoms with Crippen molar-refractivity contribution in [1.82, 2.24) is 0 Å². The molecule has 0 spiro atoms. The maximum atomic E-state index is 11.1. The van der Waals surface area contributed by atoms with Crippen LogP contribution in [0.25, 0.3) is 0 Å². The standard InChI is InChI=1S/C12H22O10/c1-5(15)7(17)9(19)11(21,3-13)12(22,4-14)10(20)8(18)6(2)16/h3-10,15-22H,1-2H3/t5-,6-,7+,8+,9+,10+,11-,12-/m0/s1. The van der Waals surface area contributed by atoms with E-state index in [1.54, 1.807) is 0 Å². The summed E-state index contributed by atoms with van der Waals surface area (Å²) in [6, 6.07) is 0. The first-order chi connectivity index (χ1) is 9.90. The van der Waals surface area contributed by atoms with E-state index < -0.39 is 60.4 Å². The van der Waals surface area contributed by atoms with E-state index in [1.807, 2.05) is 0 Å². The largest absolute Gasteiger partial charge is 0.391 e. The Morgan fingerprint density at radius 2 is 0.909 bits per heavy atom. The molecule has 0 radical (unpaired) electrons. The number of hydrogen-bond acceptors (Lipinski definition) is 10. The van der Waals surface area contributed by atoms with Gasteiger partial charge in [0.2, 0.25) is 0 Å². The maximum Gasteiger partial charge on any atom is 0.186 e. The topological polar surface area (TPSA) is 196 Å². The summed E-state index contributed by atoms with van der Waals surface area (Å²) >= 11 is 0. The molecule has 0 unspecified atom stereocenters. The number of carbonyl (C=O) groups is 2. The number of aliphatic hydroxyl groups excluding tert-OH is 6. The minimum Gasteiger partial charge on any atom is -0.391 e. The molecule has 0 saturated heterocycles. The van der Waals surface area contributed by atoms with Gasteiger partial charge in [-0.15, -0.1) is 0 Å². The van der Waals surface area contributed by atoms with Gasteiger partial charge in [0.15, 0.2) is 23.8 Å². The Bertz CT molecular complexity index is 350. The van der Waals surface area contributed by atoms with Crippen molar-refractivity contribution < 1.29 is 50.4 Å². The monoisotopic (exact) mass is 326 g/mol. The van der Waals surface area contributed by atoms with Gasteiger partial charge in [-0.2, -0.15) is 0 Å². The Balaban J connectivity index is 5.90. The van der Waals surface area contributed by atoms with Gasteiger partial charge in [-0.3, -0.25) is 9.59 Å². The summed E-state index contributed by atoms with van der Waals surface area (Å²) in [5, 5.41) is 77.1. The van der Waals surface area contributed by atoms with Crippen LogP contribution in [0.5, 0.6) is 0 Å². The molecular weight excluding hydrogens is 304 g/mol. The Kier molecular flexibility index (Phi) is 7.19. The molecule has 0 aliphatic rings. The average Bonchev–Trinajstić information content (AvgIpc) is 2.49. The highest BCUT2D eigenvalue weighted by molar-refractivity contribution is 5.79. The highest BCUT2D eigenvalue weighted by atomic mass is 16.4. The summed E-state index contributed by atoms with van der Waals surface area (Å²) in [5.74, 6) is 0. The summed E-state index contributed by atoms with van der Waals surface area (Å²) in [6.45, 7) is 1.97. The van der Waals surface area contributed by atoms with Crippen LogP contribution >= 0.6 is 0 Å². The first-order valence-electron chi connectivity index (χ1n) is 6.36. The van der Waals surface area contributed by atoms with Crippen molar-refractivity contribution in [3.63, 3.8) is 0 Å². The molecular formula is C12H22O10. The normalized spacial score (nSPS) is 25.7. The second-order valence-corrected chi connectivity index (χ2v) is 5.24. The molecule has 0 aliphatic carbocycles. The van der Waals surface area contributed by atoms with Gasteiger partial charge in [0.25, 0.3) is 0 Å². The molecule has 8 N–H and O–H groups in total. The minimum atomic E-state index is -3.47. The molecule has 0 saturated carbocycles. The zero-order valence-electron chi connectivity index (χ0n) is 12.0. The lowest BCUT2D eigenvalue weighted by Gasteiger charge is -2.44. The van der Waals surface area contributed by atoms with Gasteiger partial charge < -0.3 is 40.9 Å². The fourth-order valence-electron chi connectivity index (χ4n) is 1.85. The van der Waals surface area contributed by atoms with Gasteiger partial charge in [-0.05, 0) is 13.8 Å². The van der Waals surface area contributed by atoms with Crippen molar-refractivity contribution in [1.29, 1.82) is 0 Å². The molecule has 0 aromatic heterocycles. The van der Waals surface area contributed by atoms with Crippen LogP contribution < -0.4 is 0 Å². The molecule has 10 nitrogen and oxygen atoms in total. The molecule has 10 heteroatoms. The zero-order chi connectivity index (χ0) is 17.9. The molecule has 130 valence electrons. The van der Waals surface area contributed by atoms with Crippen molar-refractivity contribution in [2.75, 3.05) is 0 Å². The molecule has 0 fully saturated rings. The number of aldehydes is 2. The van der Waals surface area contributed by atoms with Gasteiger partial charge in [-0.1, -0.05) is 0 Å². The van der Waals surface area contributed by atoms with Crippen LogP contribution in [0.15, 0.2) is 0 Å². The molecule has 0 amide bonds. The Labute approximate surface area is 125 Å². The highest BCUT2D eigenvalue weighted by Gasteiger charge is 2.62. The van der Waals surface area contributed by atoms with E-state index >= 15 is 0 Å². The van der Waals surface area contributed by atoms with Gasteiger partial charge in [0.1, 0.15) is 24.4 Å². The molecule has 0 aliphatic heterocycles. The first-order valence-corrected chi connectivity index (χ1v) is 6.36. The van der Waals surface area contributed by atoms with Crippen LogP contribution in [-0.4, -0.2) is 101 Å². The van der Waals surface area contributed by atoms with E-state index in [4.69, 9.17) is 10.2 Å². The third-order valence-corrected chi connectivity index (χ3v) is 3.54. The maximum absolute atomic E-state index is 11.1. The minimum absolute atomic E-state index is 0.518. The second-order valence-electron chi connectivity index (χ2n) is 5.24. The summed E-state index contributed by atoms with van der Waals surface area (Å²) in [7, 11) is 0. The smallest absolute Gasteiger partial charge is 0.186 e. The first kappa shape index (κ1) is 21.0. The van der Waals surface area contributed by atoms with Gasteiger partial charge in [0.05, 0.1) is 12.2 Å². The van der Waals surface area contributed by atoms with E-state index in [0.717, 1.165) is 13.8 Å². The van der Waals surface area contributed by atoms with Crippen LogP contribution in [0.2, 0.25) is 0 Å². The molecule has 0 aromatic rings. The van der Waals surface area contributed by atoms with Gasteiger partial charge >= 0.3 is 0 Å². The number of aliphatic hydroxyl groups is 8. The van der Waals surface area contributed by atoms with Crippen LogP contribution in [0.4, 0.5) is 0 Å². The van der Waals surface area contributed by atoms with Crippen LogP contribution in [-0.2, 0) is 9.59 Å². The SMILES string of the molecule is C[C@H](O)[C@@H](O)[C@@H](O)[C@@](O)(C=O)[C@](O)(C=O)[C@H](O)[C@H](O)[C@H](C)O. The van der Waals surface area contributed by atoms with E-state index in [9.17, 15) is 40.2 Å². The van der Waals surface area contributed by atoms with Crippen LogP contribution in [0.1, 0.15) is 13.8 Å². The summed E-state index contributed by atoms with van der Waals surface area (Å²) in [6.07, 6.45) is -13.9. The van der Waals surface area contributed by atoms with E-state index in [1.165, 1.54) is 0 Å². The van der Waals surface area contributed by atoms with Crippen molar-refractivity contribution in [3.8, 4) is 0 Å². The summed E-state index contributed by atoms with van der Waals surface area (Å²) in [4.78, 5) is 22.2. The quantitative estimate of drug-likeness (QED) is 0.190. The van der Waals surface area contributed by atoms with E-state index in [-0.39, 0.29) is 0 Å². The lowest BCUT2D eigenvalue weighted by atomic mass is 9.72. The van der Waals surface area contributed by atoms with Crippen LogP contribution in [0, 0.1) is 0 Å². The molecule has 0 heterocycles. The lowest BCUT2D eigenvalue weighted by molar-refractivity contribution is -0.247. The third-order valence-electron chi connectivity index (χ3n) is 3.54. The Morgan fingerprint density at radius 3 is 1.05 bits per heavy atom. The van der Waals surface area contributed by atoms with Crippen molar-refractivity contribution in [3.05, 3.63) is 0 Å². The molecule has 8 atom stereocenters. The lowest BCUT2D eigenvalue weighted by Crippen LogP contribution is -2.73. The average molecular weight is 326 g/mol. The Hall–Kier alpha value is -0.980.